The van der Waals surface area contributed by atoms with Crippen LogP contribution in [0.3, 0.4) is 0 Å². The molecule has 0 aromatic rings. The van der Waals surface area contributed by atoms with Gasteiger partial charge in [0.2, 0.25) is 5.70 Å². The maximum absolute atomic E-state index is 3.95. The van der Waals surface area contributed by atoms with Crippen molar-refractivity contribution in [2.75, 3.05) is 0 Å². The second kappa shape index (κ2) is 3.59. The molecule has 1 rings (SSSR count). The lowest BCUT2D eigenvalue weighted by atomic mass is 10.2. The van der Waals surface area contributed by atoms with Crippen LogP contribution in [0.5, 0.6) is 0 Å². The van der Waals surface area contributed by atoms with Gasteiger partial charge < -0.3 is 0 Å². The van der Waals surface area contributed by atoms with Crippen molar-refractivity contribution in [3.05, 3.63) is 42.3 Å². The van der Waals surface area contributed by atoms with Gasteiger partial charge in [0.15, 0.2) is 11.6 Å². The molecular formula is C12H16N+. The van der Waals surface area contributed by atoms with Crippen molar-refractivity contribution in [3.8, 4) is 0 Å². The molecule has 0 unspecified atom stereocenters. The van der Waals surface area contributed by atoms with Crippen LogP contribution in [0, 0.1) is 0 Å². The molecule has 1 saturated carbocycles. The number of hydrogen-bond donors (Lipinski definition) is 0. The van der Waals surface area contributed by atoms with Crippen LogP contribution in [-0.2, 0) is 0 Å². The highest BCUT2D eigenvalue weighted by atomic mass is 15.0. The maximum atomic E-state index is 3.95. The monoisotopic (exact) mass is 174 g/mol. The van der Waals surface area contributed by atoms with Crippen molar-refractivity contribution >= 4 is 5.87 Å². The molecule has 0 aliphatic heterocycles. The van der Waals surface area contributed by atoms with Gasteiger partial charge in [-0.15, -0.1) is 4.58 Å². The molecule has 68 valence electrons. The zero-order valence-corrected chi connectivity index (χ0v) is 8.48. The molecule has 0 bridgehead atoms. The lowest BCUT2D eigenvalue weighted by Gasteiger charge is -2.00. The first kappa shape index (κ1) is 9.76. The summed E-state index contributed by atoms with van der Waals surface area (Å²) in [6.45, 7) is 15.5. The Kier molecular flexibility index (Phi) is 2.69. The Balaban J connectivity index is 3.00. The molecule has 0 amide bonds. The van der Waals surface area contributed by atoms with Crippen LogP contribution in [0.2, 0.25) is 0 Å². The molecule has 1 heteroatoms. The average molecular weight is 174 g/mol. The van der Waals surface area contributed by atoms with Gasteiger partial charge in [-0.25, -0.2) is 0 Å². The molecule has 0 aromatic heterocycles. The quantitative estimate of drug-likeness (QED) is 0.351. The molecule has 0 spiro atoms. The maximum Gasteiger partial charge on any atom is 0.215 e. The van der Waals surface area contributed by atoms with E-state index < -0.39 is 0 Å². The topological polar surface area (TPSA) is 3.01 Å². The minimum atomic E-state index is 0.881. The molecule has 1 aliphatic carbocycles. The fraction of sp³-hybridized carbons (Fsp3) is 0.333. The summed E-state index contributed by atoms with van der Waals surface area (Å²) in [5, 5.41) is 0. The number of rotatable bonds is 3. The molecule has 0 radical (unpaired) electrons. The molecule has 0 saturated heterocycles. The first-order valence-corrected chi connectivity index (χ1v) is 4.44. The van der Waals surface area contributed by atoms with Crippen LogP contribution < -0.4 is 0 Å². The number of nitrogens with zero attached hydrogens (tertiary/aromatic N) is 1. The van der Waals surface area contributed by atoms with Gasteiger partial charge in [-0.3, -0.25) is 0 Å². The smallest absolute Gasteiger partial charge is 0.117 e. The van der Waals surface area contributed by atoms with E-state index in [9.17, 15) is 0 Å². The zero-order chi connectivity index (χ0) is 10.0. The van der Waals surface area contributed by atoms with Crippen LogP contribution in [-0.4, -0.2) is 10.4 Å². The van der Waals surface area contributed by atoms with E-state index in [0.717, 1.165) is 11.3 Å². The molecule has 13 heavy (non-hydrogen) atoms. The van der Waals surface area contributed by atoms with Gasteiger partial charge in [0.1, 0.15) is 0 Å². The van der Waals surface area contributed by atoms with E-state index in [4.69, 9.17) is 0 Å². The van der Waals surface area contributed by atoms with Gasteiger partial charge in [-0.2, -0.15) is 0 Å². The van der Waals surface area contributed by atoms with Crippen LogP contribution in [0.15, 0.2) is 42.3 Å². The zero-order valence-electron chi connectivity index (χ0n) is 8.48. The fourth-order valence-electron chi connectivity index (χ4n) is 1.19. The first-order valence-electron chi connectivity index (χ1n) is 4.44. The van der Waals surface area contributed by atoms with Crippen molar-refractivity contribution < 1.29 is 4.58 Å². The second-order valence-corrected chi connectivity index (χ2v) is 3.41. The summed E-state index contributed by atoms with van der Waals surface area (Å²) in [7, 11) is 0. The van der Waals surface area contributed by atoms with E-state index in [2.05, 4.69) is 32.5 Å². The van der Waals surface area contributed by atoms with Crippen LogP contribution in [0.25, 0.3) is 0 Å². The number of hydrogen-bond acceptors (Lipinski definition) is 0. The third kappa shape index (κ3) is 2.07. The van der Waals surface area contributed by atoms with Gasteiger partial charge in [0.25, 0.3) is 0 Å². The van der Waals surface area contributed by atoms with Gasteiger partial charge in [-0.1, -0.05) is 6.58 Å². The van der Waals surface area contributed by atoms with E-state index in [1.165, 1.54) is 24.1 Å². The second-order valence-electron chi connectivity index (χ2n) is 3.41. The van der Waals surface area contributed by atoms with Crippen LogP contribution in [0.1, 0.15) is 26.7 Å². The molecule has 1 fully saturated rings. The summed E-state index contributed by atoms with van der Waals surface area (Å²) in [5.74, 6) is 2.87. The minimum absolute atomic E-state index is 0.881. The molecule has 0 heterocycles. The fourth-order valence-corrected chi connectivity index (χ4v) is 1.19. The van der Waals surface area contributed by atoms with Gasteiger partial charge in [0.05, 0.1) is 0 Å². The van der Waals surface area contributed by atoms with Crippen LogP contribution >= 0.6 is 0 Å². The van der Waals surface area contributed by atoms with Crippen LogP contribution in [0.4, 0.5) is 0 Å². The van der Waals surface area contributed by atoms with Crippen molar-refractivity contribution in [2.24, 2.45) is 0 Å². The Hall–Kier alpha value is -1.33. The summed E-state index contributed by atoms with van der Waals surface area (Å²) in [4.78, 5) is 0. The van der Waals surface area contributed by atoms with E-state index in [1.54, 1.807) is 0 Å². The largest absolute Gasteiger partial charge is 0.215 e. The Bertz CT molecular complexity index is 343. The molecular weight excluding hydrogens is 158 g/mol. The SMILES string of the molecule is C=C=[N+](C(=C)C(=C)C)C(C)=C1CC1. The predicted molar refractivity (Wildman–Crippen MR) is 56.8 cm³/mol. The van der Waals surface area contributed by atoms with Crippen molar-refractivity contribution in [3.63, 3.8) is 0 Å². The van der Waals surface area contributed by atoms with E-state index in [-0.39, 0.29) is 0 Å². The predicted octanol–water partition coefficient (Wildman–Crippen LogP) is 3.01. The summed E-state index contributed by atoms with van der Waals surface area (Å²) < 4.78 is 1.89. The Morgan fingerprint density at radius 3 is 2.15 bits per heavy atom. The van der Waals surface area contributed by atoms with E-state index in [0.29, 0.717) is 0 Å². The van der Waals surface area contributed by atoms with Crippen molar-refractivity contribution in [1.29, 1.82) is 0 Å². The number of allylic oxidation sites excluding steroid dienone is 3. The third-order valence-electron chi connectivity index (χ3n) is 2.27. The summed E-state index contributed by atoms with van der Waals surface area (Å²) >= 11 is 0. The molecule has 1 aliphatic rings. The molecule has 1 nitrogen and oxygen atoms in total. The van der Waals surface area contributed by atoms with Gasteiger partial charge >= 0.3 is 0 Å². The summed E-state index contributed by atoms with van der Waals surface area (Å²) in [6.07, 6.45) is 2.40. The lowest BCUT2D eigenvalue weighted by molar-refractivity contribution is -0.410. The standard InChI is InChI=1S/C12H16N/c1-6-13(10(4)9(2)3)11(5)12-7-8-12/h1-2,4,7-8H2,3,5H3/q+1. The summed E-state index contributed by atoms with van der Waals surface area (Å²) in [5.41, 5.74) is 4.52. The molecule has 0 atom stereocenters. The highest BCUT2D eigenvalue weighted by Crippen LogP contribution is 2.32. The highest BCUT2D eigenvalue weighted by molar-refractivity contribution is 5.43. The van der Waals surface area contributed by atoms with Gasteiger partial charge in [-0.05, 0) is 31.9 Å². The van der Waals surface area contributed by atoms with Crippen molar-refractivity contribution in [1.82, 2.24) is 0 Å². The van der Waals surface area contributed by atoms with E-state index >= 15 is 0 Å². The normalized spacial score (nSPS) is 13.2. The van der Waals surface area contributed by atoms with Crippen molar-refractivity contribution in [2.45, 2.75) is 26.7 Å². The third-order valence-corrected chi connectivity index (χ3v) is 2.27. The Morgan fingerprint density at radius 1 is 1.31 bits per heavy atom. The Morgan fingerprint density at radius 2 is 1.85 bits per heavy atom. The highest BCUT2D eigenvalue weighted by Gasteiger charge is 2.24. The molecule has 0 N–H and O–H groups in total. The average Bonchev–Trinajstić information content (AvgIpc) is 2.87. The van der Waals surface area contributed by atoms with E-state index in [1.807, 2.05) is 11.5 Å². The van der Waals surface area contributed by atoms with Gasteiger partial charge in [0, 0.05) is 19.1 Å². The first-order chi connectivity index (χ1) is 6.07. The summed E-state index contributed by atoms with van der Waals surface area (Å²) in [6, 6.07) is 0. The minimum Gasteiger partial charge on any atom is -0.117 e. The Labute approximate surface area is 80.1 Å². The lowest BCUT2D eigenvalue weighted by Crippen LogP contribution is -2.07. The molecule has 0 aromatic carbocycles.